The van der Waals surface area contributed by atoms with Gasteiger partial charge in [-0.1, -0.05) is 35.9 Å². The summed E-state index contributed by atoms with van der Waals surface area (Å²) in [6.45, 7) is 0.951. The molecule has 6 nitrogen and oxygen atoms in total. The molecule has 1 amide bonds. The van der Waals surface area contributed by atoms with E-state index >= 15 is 0 Å². The predicted molar refractivity (Wildman–Crippen MR) is 101 cm³/mol. The largest absolute Gasteiger partial charge is 0.447 e. The van der Waals surface area contributed by atoms with Gasteiger partial charge in [-0.3, -0.25) is 4.90 Å². The van der Waals surface area contributed by atoms with Crippen molar-refractivity contribution in [2.45, 2.75) is 6.54 Å². The second-order valence-corrected chi connectivity index (χ2v) is 7.74. The Morgan fingerprint density at radius 1 is 1.19 bits per heavy atom. The van der Waals surface area contributed by atoms with E-state index in [-0.39, 0.29) is 6.54 Å². The quantitative estimate of drug-likeness (QED) is 0.817. The van der Waals surface area contributed by atoms with Gasteiger partial charge in [-0.05, 0) is 41.5 Å². The number of cyclic esters (lactones) is 1. The van der Waals surface area contributed by atoms with E-state index in [4.69, 9.17) is 16.3 Å². The summed E-state index contributed by atoms with van der Waals surface area (Å²) in [6, 6.07) is 13.9. The summed E-state index contributed by atoms with van der Waals surface area (Å²) in [4.78, 5) is 13.1. The molecule has 0 atom stereocenters. The molecule has 136 valence electrons. The number of benzene rings is 2. The van der Waals surface area contributed by atoms with Crippen LogP contribution in [0.1, 0.15) is 11.1 Å². The Morgan fingerprint density at radius 2 is 1.96 bits per heavy atom. The summed E-state index contributed by atoms with van der Waals surface area (Å²) in [5.74, 6) is 0. The predicted octanol–water partition coefficient (Wildman–Crippen LogP) is 3.39. The van der Waals surface area contributed by atoms with Crippen molar-refractivity contribution in [3.05, 3.63) is 70.1 Å². The highest BCUT2D eigenvalue weighted by atomic mass is 35.5. The number of rotatable bonds is 6. The summed E-state index contributed by atoms with van der Waals surface area (Å²) >= 11 is 5.80. The van der Waals surface area contributed by atoms with Crippen molar-refractivity contribution in [3.8, 4) is 0 Å². The second kappa shape index (κ2) is 7.90. The first-order chi connectivity index (χ1) is 12.4. The highest BCUT2D eigenvalue weighted by Crippen LogP contribution is 2.20. The Kier molecular flexibility index (Phi) is 5.61. The molecule has 0 unspecified atom stereocenters. The molecule has 0 spiro atoms. The lowest BCUT2D eigenvalue weighted by Gasteiger charge is -2.13. The van der Waals surface area contributed by atoms with Crippen molar-refractivity contribution in [1.82, 2.24) is 4.72 Å². The van der Waals surface area contributed by atoms with Gasteiger partial charge in [-0.15, -0.1) is 0 Å². The van der Waals surface area contributed by atoms with Crippen LogP contribution in [0.15, 0.2) is 53.9 Å². The van der Waals surface area contributed by atoms with Crippen molar-refractivity contribution in [3.63, 3.8) is 0 Å². The van der Waals surface area contributed by atoms with E-state index in [2.05, 4.69) is 4.72 Å². The Labute approximate surface area is 157 Å². The van der Waals surface area contributed by atoms with Crippen LogP contribution in [-0.2, 0) is 21.3 Å². The van der Waals surface area contributed by atoms with Gasteiger partial charge in [0.1, 0.15) is 6.61 Å². The number of hydrogen-bond acceptors (Lipinski definition) is 4. The smallest absolute Gasteiger partial charge is 0.414 e. The Bertz CT molecular complexity index is 926. The van der Waals surface area contributed by atoms with Crippen molar-refractivity contribution >= 4 is 39.5 Å². The van der Waals surface area contributed by atoms with E-state index in [1.807, 2.05) is 0 Å². The van der Waals surface area contributed by atoms with Gasteiger partial charge in [0, 0.05) is 22.7 Å². The van der Waals surface area contributed by atoms with Crippen LogP contribution in [0.25, 0.3) is 6.08 Å². The third-order valence-electron chi connectivity index (χ3n) is 3.77. The molecule has 1 fully saturated rings. The molecule has 1 N–H and O–H groups in total. The molecule has 1 heterocycles. The third-order valence-corrected chi connectivity index (χ3v) is 5.06. The maximum absolute atomic E-state index is 12.1. The summed E-state index contributed by atoms with van der Waals surface area (Å²) in [7, 11) is -3.60. The minimum Gasteiger partial charge on any atom is -0.447 e. The maximum atomic E-state index is 12.1. The van der Waals surface area contributed by atoms with E-state index in [9.17, 15) is 13.2 Å². The fraction of sp³-hybridized carbons (Fsp3) is 0.167. The highest BCUT2D eigenvalue weighted by molar-refractivity contribution is 7.92. The van der Waals surface area contributed by atoms with Crippen LogP contribution < -0.4 is 9.62 Å². The van der Waals surface area contributed by atoms with Gasteiger partial charge >= 0.3 is 6.09 Å². The average molecular weight is 393 g/mol. The number of carbonyl (C=O) groups excluding carboxylic acids is 1. The van der Waals surface area contributed by atoms with E-state index in [0.29, 0.717) is 23.9 Å². The van der Waals surface area contributed by atoms with Crippen LogP contribution in [0.2, 0.25) is 5.02 Å². The van der Waals surface area contributed by atoms with E-state index in [1.165, 1.54) is 11.0 Å². The Morgan fingerprint density at radius 3 is 2.65 bits per heavy atom. The zero-order valence-corrected chi connectivity index (χ0v) is 15.3. The summed E-state index contributed by atoms with van der Waals surface area (Å²) in [5, 5.41) is 1.70. The topological polar surface area (TPSA) is 75.7 Å². The molecule has 0 bridgehead atoms. The van der Waals surface area contributed by atoms with Gasteiger partial charge in [0.05, 0.1) is 6.54 Å². The zero-order chi connectivity index (χ0) is 18.6. The van der Waals surface area contributed by atoms with Crippen LogP contribution in [0.5, 0.6) is 0 Å². The number of halogens is 1. The zero-order valence-electron chi connectivity index (χ0n) is 13.8. The lowest BCUT2D eigenvalue weighted by molar-refractivity contribution is 0.181. The maximum Gasteiger partial charge on any atom is 0.414 e. The average Bonchev–Trinajstić information content (AvgIpc) is 3.06. The van der Waals surface area contributed by atoms with Gasteiger partial charge in [-0.25, -0.2) is 17.9 Å². The molecule has 3 rings (SSSR count). The summed E-state index contributed by atoms with van der Waals surface area (Å²) in [6.07, 6.45) is 1.10. The van der Waals surface area contributed by atoms with Gasteiger partial charge < -0.3 is 4.74 Å². The van der Waals surface area contributed by atoms with Crippen LogP contribution in [0.3, 0.4) is 0 Å². The highest BCUT2D eigenvalue weighted by Gasteiger charge is 2.23. The molecule has 1 saturated heterocycles. The molecule has 2 aromatic carbocycles. The lowest BCUT2D eigenvalue weighted by atomic mass is 10.2. The number of carbonyl (C=O) groups is 1. The first kappa shape index (κ1) is 18.4. The number of nitrogens with zero attached hydrogens (tertiary/aromatic N) is 1. The van der Waals surface area contributed by atoms with Crippen LogP contribution in [-0.4, -0.2) is 27.7 Å². The number of sulfonamides is 1. The molecule has 26 heavy (non-hydrogen) atoms. The fourth-order valence-corrected chi connectivity index (χ4v) is 3.36. The van der Waals surface area contributed by atoms with Crippen LogP contribution in [0.4, 0.5) is 10.5 Å². The van der Waals surface area contributed by atoms with E-state index < -0.39 is 16.1 Å². The van der Waals surface area contributed by atoms with E-state index in [1.54, 1.807) is 48.5 Å². The summed E-state index contributed by atoms with van der Waals surface area (Å²) < 4.78 is 31.7. The monoisotopic (exact) mass is 392 g/mol. The number of amides is 1. The first-order valence-electron chi connectivity index (χ1n) is 7.89. The minimum absolute atomic E-state index is 0.115. The Hall–Kier alpha value is -2.35. The molecule has 1 aliphatic heterocycles. The molecule has 0 radical (unpaired) electrons. The SMILES string of the molecule is O=C1OCCN1c1cccc(CNS(=O)(=O)C=Cc2ccc(Cl)cc2)c1. The van der Waals surface area contributed by atoms with E-state index in [0.717, 1.165) is 16.5 Å². The van der Waals surface area contributed by atoms with Crippen molar-refractivity contribution < 1.29 is 17.9 Å². The first-order valence-corrected chi connectivity index (χ1v) is 9.82. The molecule has 0 aromatic heterocycles. The molecule has 8 heteroatoms. The number of nitrogens with one attached hydrogen (secondary N) is 1. The third kappa shape index (κ3) is 4.85. The molecule has 2 aromatic rings. The second-order valence-electron chi connectivity index (χ2n) is 5.66. The molecule has 0 saturated carbocycles. The van der Waals surface area contributed by atoms with Gasteiger partial charge in [0.15, 0.2) is 0 Å². The van der Waals surface area contributed by atoms with Crippen molar-refractivity contribution in [2.24, 2.45) is 0 Å². The number of anilines is 1. The normalized spacial score (nSPS) is 14.8. The van der Waals surface area contributed by atoms with Gasteiger partial charge in [-0.2, -0.15) is 0 Å². The molecular weight excluding hydrogens is 376 g/mol. The summed E-state index contributed by atoms with van der Waals surface area (Å²) in [5.41, 5.74) is 2.15. The Balaban J connectivity index is 1.64. The standard InChI is InChI=1S/C18H17ClN2O4S/c19-16-6-4-14(5-7-16)8-11-26(23,24)20-13-15-2-1-3-17(12-15)21-9-10-25-18(21)22/h1-8,11-12,20H,9-10,13H2. The lowest BCUT2D eigenvalue weighted by Crippen LogP contribution is -2.24. The fourth-order valence-electron chi connectivity index (χ4n) is 2.44. The minimum atomic E-state index is -3.60. The number of hydrogen-bond donors (Lipinski definition) is 1. The van der Waals surface area contributed by atoms with Gasteiger partial charge in [0.25, 0.3) is 0 Å². The molecule has 0 aliphatic carbocycles. The van der Waals surface area contributed by atoms with Crippen molar-refractivity contribution in [1.29, 1.82) is 0 Å². The van der Waals surface area contributed by atoms with Gasteiger partial charge in [0.2, 0.25) is 10.0 Å². The van der Waals surface area contributed by atoms with Crippen LogP contribution in [0, 0.1) is 0 Å². The molecular formula is C18H17ClN2O4S. The van der Waals surface area contributed by atoms with Crippen LogP contribution >= 0.6 is 11.6 Å². The number of ether oxygens (including phenoxy) is 1. The molecule has 1 aliphatic rings. The van der Waals surface area contributed by atoms with Crippen molar-refractivity contribution in [2.75, 3.05) is 18.1 Å².